The molecule has 0 atom stereocenters. The van der Waals surface area contributed by atoms with Gasteiger partial charge in [-0.1, -0.05) is 43.5 Å². The Labute approximate surface area is 201 Å². The third kappa shape index (κ3) is 6.51. The Kier molecular flexibility index (Phi) is 7.94. The highest BCUT2D eigenvalue weighted by molar-refractivity contribution is 5.89. The van der Waals surface area contributed by atoms with Gasteiger partial charge in [0.25, 0.3) is 0 Å². The molecule has 7 heteroatoms. The van der Waals surface area contributed by atoms with Gasteiger partial charge in [0, 0.05) is 22.8 Å². The number of hydrogen-bond donors (Lipinski definition) is 0. The molecule has 3 aromatic rings. The number of halogens is 2. The first-order valence-electron chi connectivity index (χ1n) is 10.4. The molecule has 0 spiro atoms. The number of esters is 2. The minimum absolute atomic E-state index is 0.163. The van der Waals surface area contributed by atoms with Gasteiger partial charge in [-0.3, -0.25) is 0 Å². The van der Waals surface area contributed by atoms with Crippen LogP contribution in [0.3, 0.4) is 0 Å². The van der Waals surface area contributed by atoms with Gasteiger partial charge in [0.15, 0.2) is 11.6 Å². The zero-order valence-corrected chi connectivity index (χ0v) is 19.1. The molecule has 5 nitrogen and oxygen atoms in total. The lowest BCUT2D eigenvalue weighted by molar-refractivity contribution is -0.133. The highest BCUT2D eigenvalue weighted by Crippen LogP contribution is 2.30. The Morgan fingerprint density at radius 2 is 1.37 bits per heavy atom. The van der Waals surface area contributed by atoms with Gasteiger partial charge in [-0.05, 0) is 54.8 Å². The zero-order valence-electron chi connectivity index (χ0n) is 19.1. The number of rotatable bonds is 8. The second-order valence-corrected chi connectivity index (χ2v) is 7.61. The van der Waals surface area contributed by atoms with Crippen molar-refractivity contribution < 1.29 is 32.6 Å². The lowest BCUT2D eigenvalue weighted by atomic mass is 10.00. The summed E-state index contributed by atoms with van der Waals surface area (Å²) < 4.78 is 44.0. The Balaban J connectivity index is 1.70. The largest absolute Gasteiger partial charge is 0.462 e. The lowest BCUT2D eigenvalue weighted by Crippen LogP contribution is -2.09. The smallest absolute Gasteiger partial charge is 0.338 e. The van der Waals surface area contributed by atoms with Crippen LogP contribution in [0.4, 0.5) is 8.78 Å². The average molecular weight is 476 g/mol. The van der Waals surface area contributed by atoms with Crippen molar-refractivity contribution >= 4 is 11.9 Å². The maximum Gasteiger partial charge on any atom is 0.338 e. The lowest BCUT2D eigenvalue weighted by Gasteiger charge is -2.09. The third-order valence-electron chi connectivity index (χ3n) is 4.74. The van der Waals surface area contributed by atoms with Crippen molar-refractivity contribution in [3.63, 3.8) is 0 Å². The minimum Gasteiger partial charge on any atom is -0.462 e. The van der Waals surface area contributed by atoms with E-state index in [9.17, 15) is 18.4 Å². The molecule has 178 valence electrons. The maximum atomic E-state index is 14.7. The normalized spacial score (nSPS) is 10.6. The van der Waals surface area contributed by atoms with E-state index in [0.29, 0.717) is 22.3 Å². The Morgan fingerprint density at radius 3 is 1.97 bits per heavy atom. The maximum absolute atomic E-state index is 14.7. The van der Waals surface area contributed by atoms with E-state index in [0.717, 1.165) is 12.5 Å². The van der Waals surface area contributed by atoms with Gasteiger partial charge in [-0.25, -0.2) is 18.4 Å². The van der Waals surface area contributed by atoms with Gasteiger partial charge in [0.05, 0.1) is 0 Å². The van der Waals surface area contributed by atoms with Crippen LogP contribution < -0.4 is 9.47 Å². The van der Waals surface area contributed by atoms with Gasteiger partial charge < -0.3 is 14.2 Å². The van der Waals surface area contributed by atoms with Gasteiger partial charge in [0.1, 0.15) is 24.1 Å². The quantitative estimate of drug-likeness (QED) is 0.156. The summed E-state index contributed by atoms with van der Waals surface area (Å²) in [5, 5.41) is 0. The molecule has 0 bridgehead atoms. The summed E-state index contributed by atoms with van der Waals surface area (Å²) in [5.41, 5.74) is 2.61. The van der Waals surface area contributed by atoms with E-state index in [-0.39, 0.29) is 22.6 Å². The number of hydrogen-bond acceptors (Lipinski definition) is 5. The molecular formula is C28H22F2O5. The van der Waals surface area contributed by atoms with Crippen molar-refractivity contribution in [2.45, 2.75) is 13.8 Å². The number of benzene rings is 3. The van der Waals surface area contributed by atoms with Crippen molar-refractivity contribution in [2.24, 2.45) is 0 Å². The van der Waals surface area contributed by atoms with E-state index in [4.69, 9.17) is 14.2 Å². The fraction of sp³-hybridized carbons (Fsp3) is 0.0714. The van der Waals surface area contributed by atoms with Gasteiger partial charge in [0.2, 0.25) is 0 Å². The number of carbonyl (C=O) groups excluding carboxylic acids is 2. The molecule has 0 heterocycles. The zero-order chi connectivity index (χ0) is 25.5. The third-order valence-corrected chi connectivity index (χ3v) is 4.74. The summed E-state index contributed by atoms with van der Waals surface area (Å²) in [5.74, 6) is -2.48. The standard InChI is InChI=1S/C28H22F2O5/c1-17(2)27(31)34-14-13-33-22-10-11-23(24(29)16-22)20-7-5-19(6-8-20)21-9-12-26(25(30)15-21)35-28(32)18(3)4/h5-16H,1,3H2,2,4H3/b14-13-. The van der Waals surface area contributed by atoms with Crippen LogP contribution in [0.5, 0.6) is 11.5 Å². The van der Waals surface area contributed by atoms with Crippen LogP contribution in [0, 0.1) is 11.6 Å². The molecule has 0 aromatic heterocycles. The summed E-state index contributed by atoms with van der Waals surface area (Å²) >= 11 is 0. The molecule has 35 heavy (non-hydrogen) atoms. The van der Waals surface area contributed by atoms with E-state index in [2.05, 4.69) is 13.2 Å². The monoisotopic (exact) mass is 476 g/mol. The second-order valence-electron chi connectivity index (χ2n) is 7.61. The van der Waals surface area contributed by atoms with Crippen LogP contribution in [0.1, 0.15) is 13.8 Å². The molecule has 3 rings (SSSR count). The summed E-state index contributed by atoms with van der Waals surface area (Å²) in [7, 11) is 0. The summed E-state index contributed by atoms with van der Waals surface area (Å²) in [6.07, 6.45) is 2.16. The Hall–Kier alpha value is -4.52. The van der Waals surface area contributed by atoms with E-state index >= 15 is 0 Å². The first-order chi connectivity index (χ1) is 16.7. The predicted octanol–water partition coefficient (Wildman–Crippen LogP) is 6.75. The fourth-order valence-electron chi connectivity index (χ4n) is 2.89. The van der Waals surface area contributed by atoms with Crippen LogP contribution in [0.2, 0.25) is 0 Å². The average Bonchev–Trinajstić information content (AvgIpc) is 2.83. The van der Waals surface area contributed by atoms with Gasteiger partial charge >= 0.3 is 11.9 Å². The first-order valence-corrected chi connectivity index (χ1v) is 10.4. The van der Waals surface area contributed by atoms with Crippen molar-refractivity contribution in [1.29, 1.82) is 0 Å². The molecule has 0 radical (unpaired) electrons. The first kappa shape index (κ1) is 25.1. The van der Waals surface area contributed by atoms with E-state index in [1.165, 1.54) is 32.0 Å². The number of ether oxygens (including phenoxy) is 3. The Bertz CT molecular complexity index is 1320. The molecule has 0 aliphatic heterocycles. The Morgan fingerprint density at radius 1 is 0.743 bits per heavy atom. The topological polar surface area (TPSA) is 61.8 Å². The molecule has 0 unspecified atom stereocenters. The van der Waals surface area contributed by atoms with Crippen molar-refractivity contribution in [1.82, 2.24) is 0 Å². The highest BCUT2D eigenvalue weighted by Gasteiger charge is 2.12. The molecule has 0 N–H and O–H groups in total. The van der Waals surface area contributed by atoms with Crippen molar-refractivity contribution in [2.75, 3.05) is 0 Å². The van der Waals surface area contributed by atoms with Gasteiger partial charge in [-0.15, -0.1) is 0 Å². The molecule has 0 amide bonds. The summed E-state index contributed by atoms with van der Waals surface area (Å²) in [4.78, 5) is 22.9. The van der Waals surface area contributed by atoms with E-state index < -0.39 is 23.6 Å². The second kappa shape index (κ2) is 11.1. The van der Waals surface area contributed by atoms with E-state index in [1.54, 1.807) is 42.5 Å². The fourth-order valence-corrected chi connectivity index (χ4v) is 2.89. The molecule has 0 fully saturated rings. The van der Waals surface area contributed by atoms with Crippen molar-refractivity contribution in [3.8, 4) is 33.8 Å². The summed E-state index contributed by atoms with van der Waals surface area (Å²) in [6, 6.07) is 15.4. The molecule has 0 aliphatic carbocycles. The number of carbonyl (C=O) groups is 2. The van der Waals surface area contributed by atoms with Crippen LogP contribution in [-0.4, -0.2) is 11.9 Å². The van der Waals surface area contributed by atoms with Crippen LogP contribution >= 0.6 is 0 Å². The van der Waals surface area contributed by atoms with Crippen LogP contribution in [-0.2, 0) is 14.3 Å². The molecule has 0 saturated carbocycles. The van der Waals surface area contributed by atoms with Crippen LogP contribution in [0.25, 0.3) is 22.3 Å². The molecule has 3 aromatic carbocycles. The van der Waals surface area contributed by atoms with E-state index in [1.807, 2.05) is 0 Å². The van der Waals surface area contributed by atoms with Crippen molar-refractivity contribution in [3.05, 3.63) is 109 Å². The predicted molar refractivity (Wildman–Crippen MR) is 128 cm³/mol. The molecule has 0 saturated heterocycles. The minimum atomic E-state index is -0.707. The SMILES string of the molecule is C=C(C)C(=O)O/C=C\Oc1ccc(-c2ccc(-c3ccc(OC(=O)C(=C)C)c(F)c3)cc2)c(F)c1. The molecule has 0 aliphatic rings. The van der Waals surface area contributed by atoms with Crippen LogP contribution in [0.15, 0.2) is 97.5 Å². The highest BCUT2D eigenvalue weighted by atomic mass is 19.1. The van der Waals surface area contributed by atoms with Gasteiger partial charge in [-0.2, -0.15) is 0 Å². The molecular weight excluding hydrogens is 454 g/mol. The summed E-state index contributed by atoms with van der Waals surface area (Å²) in [6.45, 7) is 9.90.